The summed E-state index contributed by atoms with van der Waals surface area (Å²) in [5.41, 5.74) is -0.0179. The number of amides is 2. The van der Waals surface area contributed by atoms with E-state index in [0.29, 0.717) is 6.07 Å². The molecule has 0 saturated heterocycles. The molecule has 7 nitrogen and oxygen atoms in total. The Morgan fingerprint density at radius 2 is 1.86 bits per heavy atom. The van der Waals surface area contributed by atoms with E-state index in [-0.39, 0.29) is 23.3 Å². The fourth-order valence-electron chi connectivity index (χ4n) is 1.56. The van der Waals surface area contributed by atoms with Crippen molar-refractivity contribution in [2.75, 3.05) is 24.9 Å². The van der Waals surface area contributed by atoms with Crippen LogP contribution in [-0.2, 0) is 0 Å². The molecule has 0 bridgehead atoms. The Labute approximate surface area is 124 Å². The first-order chi connectivity index (χ1) is 10.5. The quantitative estimate of drug-likeness (QED) is 0.906. The number of ether oxygens (including phenoxy) is 2. The summed E-state index contributed by atoms with van der Waals surface area (Å²) in [5.74, 6) is -1.57. The lowest BCUT2D eigenvalue weighted by atomic mass is 10.3. The number of aromatic nitrogens is 2. The van der Waals surface area contributed by atoms with Gasteiger partial charge in [-0.15, -0.1) is 0 Å². The molecule has 1 heterocycles. The highest BCUT2D eigenvalue weighted by atomic mass is 19.1. The number of nitrogens with zero attached hydrogens (tertiary/aromatic N) is 2. The van der Waals surface area contributed by atoms with Gasteiger partial charge in [0, 0.05) is 6.07 Å². The van der Waals surface area contributed by atoms with E-state index in [2.05, 4.69) is 20.6 Å². The number of nitrogens with one attached hydrogen (secondary N) is 2. The van der Waals surface area contributed by atoms with Crippen molar-refractivity contribution in [3.05, 3.63) is 36.0 Å². The normalized spacial score (nSPS) is 10.0. The molecule has 2 aromatic rings. The summed E-state index contributed by atoms with van der Waals surface area (Å²) < 4.78 is 36.0. The smallest absolute Gasteiger partial charge is 0.323 e. The van der Waals surface area contributed by atoms with Crippen LogP contribution in [0, 0.1) is 11.6 Å². The molecule has 1 aromatic carbocycles. The molecule has 0 radical (unpaired) electrons. The molecule has 1 aromatic heterocycles. The summed E-state index contributed by atoms with van der Waals surface area (Å²) in [6.45, 7) is 0. The number of benzene rings is 1. The molecule has 2 N–H and O–H groups in total. The van der Waals surface area contributed by atoms with Crippen LogP contribution in [0.3, 0.4) is 0 Å². The van der Waals surface area contributed by atoms with Gasteiger partial charge in [0.1, 0.15) is 17.3 Å². The number of methoxy groups -OCH3 is 2. The van der Waals surface area contributed by atoms with Crippen molar-refractivity contribution in [2.24, 2.45) is 0 Å². The fourth-order valence-corrected chi connectivity index (χ4v) is 1.56. The maximum atomic E-state index is 13.4. The van der Waals surface area contributed by atoms with Crippen LogP contribution in [0.5, 0.6) is 11.9 Å². The lowest BCUT2D eigenvalue weighted by Gasteiger charge is -2.11. The Balaban J connectivity index is 2.12. The van der Waals surface area contributed by atoms with Crippen molar-refractivity contribution in [2.45, 2.75) is 0 Å². The zero-order valence-electron chi connectivity index (χ0n) is 11.7. The molecule has 0 fully saturated rings. The average Bonchev–Trinajstić information content (AvgIpc) is 2.50. The number of anilines is 2. The summed E-state index contributed by atoms with van der Waals surface area (Å²) in [5, 5.41) is 4.62. The summed E-state index contributed by atoms with van der Waals surface area (Å²) in [6.07, 6.45) is 1.27. The first-order valence-electron chi connectivity index (χ1n) is 6.01. The van der Waals surface area contributed by atoms with E-state index in [0.717, 1.165) is 12.1 Å². The van der Waals surface area contributed by atoms with Crippen LogP contribution in [0.2, 0.25) is 0 Å². The van der Waals surface area contributed by atoms with E-state index < -0.39 is 17.7 Å². The number of rotatable bonds is 4. The number of hydrogen-bond donors (Lipinski definition) is 2. The van der Waals surface area contributed by atoms with Crippen LogP contribution >= 0.6 is 0 Å². The van der Waals surface area contributed by atoms with Crippen LogP contribution in [0.25, 0.3) is 0 Å². The fraction of sp³-hybridized carbons (Fsp3) is 0.154. The van der Waals surface area contributed by atoms with Crippen molar-refractivity contribution in [3.63, 3.8) is 0 Å². The molecule has 0 saturated carbocycles. The predicted octanol–water partition coefficient (Wildman–Crippen LogP) is 2.42. The topological polar surface area (TPSA) is 85.4 Å². The Morgan fingerprint density at radius 1 is 1.14 bits per heavy atom. The number of carbonyl (C=O) groups is 1. The third kappa shape index (κ3) is 3.57. The Kier molecular flexibility index (Phi) is 4.66. The second-order valence-corrected chi connectivity index (χ2v) is 3.98. The second-order valence-electron chi connectivity index (χ2n) is 3.98. The molecular weight excluding hydrogens is 298 g/mol. The van der Waals surface area contributed by atoms with E-state index in [1.54, 1.807) is 0 Å². The molecule has 0 atom stereocenters. The van der Waals surface area contributed by atoms with Gasteiger partial charge in [-0.3, -0.25) is 0 Å². The van der Waals surface area contributed by atoms with Gasteiger partial charge in [0.25, 0.3) is 0 Å². The summed E-state index contributed by atoms with van der Waals surface area (Å²) in [7, 11) is 2.73. The largest absolute Gasteiger partial charge is 0.479 e. The molecule has 0 aliphatic carbocycles. The van der Waals surface area contributed by atoms with Gasteiger partial charge in [-0.1, -0.05) is 0 Å². The van der Waals surface area contributed by atoms with Gasteiger partial charge in [-0.2, -0.15) is 4.98 Å². The van der Waals surface area contributed by atoms with Crippen molar-refractivity contribution < 1.29 is 23.0 Å². The first kappa shape index (κ1) is 15.4. The maximum Gasteiger partial charge on any atom is 0.323 e. The number of hydrogen-bond acceptors (Lipinski definition) is 5. The van der Waals surface area contributed by atoms with Gasteiger partial charge >= 0.3 is 12.0 Å². The molecule has 22 heavy (non-hydrogen) atoms. The highest BCUT2D eigenvalue weighted by Crippen LogP contribution is 2.23. The summed E-state index contributed by atoms with van der Waals surface area (Å²) in [6, 6.07) is 2.08. The minimum absolute atomic E-state index is 0.0624. The van der Waals surface area contributed by atoms with Crippen molar-refractivity contribution in [1.82, 2.24) is 9.97 Å². The van der Waals surface area contributed by atoms with Gasteiger partial charge in [0.05, 0.1) is 26.1 Å². The Hall–Kier alpha value is -2.97. The summed E-state index contributed by atoms with van der Waals surface area (Å²) in [4.78, 5) is 19.5. The van der Waals surface area contributed by atoms with Crippen molar-refractivity contribution in [1.29, 1.82) is 0 Å². The zero-order valence-corrected chi connectivity index (χ0v) is 11.7. The molecule has 2 amide bonds. The Bertz CT molecular complexity index is 697. The second kappa shape index (κ2) is 6.66. The molecule has 0 unspecified atom stereocenters. The lowest BCUT2D eigenvalue weighted by molar-refractivity contribution is 0.261. The minimum atomic E-state index is -0.895. The van der Waals surface area contributed by atoms with Gasteiger partial charge in [0.15, 0.2) is 0 Å². The van der Waals surface area contributed by atoms with Gasteiger partial charge < -0.3 is 20.1 Å². The monoisotopic (exact) mass is 310 g/mol. The van der Waals surface area contributed by atoms with Crippen LogP contribution < -0.4 is 20.1 Å². The first-order valence-corrected chi connectivity index (χ1v) is 6.01. The molecular formula is C13H12F2N4O3. The van der Waals surface area contributed by atoms with Crippen LogP contribution in [0.4, 0.5) is 25.0 Å². The van der Waals surface area contributed by atoms with E-state index in [9.17, 15) is 13.6 Å². The number of halogens is 2. The number of carbonyl (C=O) groups excluding carboxylic acids is 1. The van der Waals surface area contributed by atoms with E-state index in [4.69, 9.17) is 9.47 Å². The van der Waals surface area contributed by atoms with Crippen LogP contribution in [0.15, 0.2) is 24.4 Å². The van der Waals surface area contributed by atoms with Crippen molar-refractivity contribution >= 4 is 17.4 Å². The molecule has 0 aliphatic heterocycles. The average molecular weight is 310 g/mol. The Morgan fingerprint density at radius 3 is 2.50 bits per heavy atom. The molecule has 116 valence electrons. The van der Waals surface area contributed by atoms with Gasteiger partial charge in [-0.25, -0.2) is 18.6 Å². The lowest BCUT2D eigenvalue weighted by Crippen LogP contribution is -2.21. The third-order valence-electron chi connectivity index (χ3n) is 2.54. The van der Waals surface area contributed by atoms with Crippen LogP contribution in [0.1, 0.15) is 0 Å². The highest BCUT2D eigenvalue weighted by molar-refractivity contribution is 6.00. The molecule has 2 rings (SSSR count). The molecule has 9 heteroatoms. The zero-order chi connectivity index (χ0) is 16.1. The van der Waals surface area contributed by atoms with Gasteiger partial charge in [0.2, 0.25) is 5.88 Å². The molecule has 0 spiro atoms. The van der Waals surface area contributed by atoms with Crippen LogP contribution in [-0.4, -0.2) is 30.2 Å². The van der Waals surface area contributed by atoms with E-state index in [1.165, 1.54) is 20.4 Å². The number of urea groups is 1. The maximum absolute atomic E-state index is 13.4. The SMILES string of the molecule is COc1ncc(NC(=O)Nc2ccc(F)cc2F)c(OC)n1. The predicted molar refractivity (Wildman–Crippen MR) is 74.1 cm³/mol. The van der Waals surface area contributed by atoms with E-state index >= 15 is 0 Å². The standard InChI is InChI=1S/C13H12F2N4O3/c1-21-11-10(6-16-13(19-11)22-2)18-12(20)17-9-4-3-7(14)5-8(9)15/h3-6H,1-2H3,(H2,17,18,20). The molecule has 0 aliphatic rings. The third-order valence-corrected chi connectivity index (χ3v) is 2.54. The van der Waals surface area contributed by atoms with Gasteiger partial charge in [-0.05, 0) is 12.1 Å². The highest BCUT2D eigenvalue weighted by Gasteiger charge is 2.13. The minimum Gasteiger partial charge on any atom is -0.479 e. The van der Waals surface area contributed by atoms with E-state index in [1.807, 2.05) is 0 Å². The van der Waals surface area contributed by atoms with Crippen molar-refractivity contribution in [3.8, 4) is 11.9 Å². The summed E-state index contributed by atoms with van der Waals surface area (Å²) >= 11 is 0.